The van der Waals surface area contributed by atoms with E-state index in [9.17, 15) is 34.8 Å². The number of hydrogen-bond donors (Lipinski definition) is 6. The normalized spacial score (nSPS) is 32.7. The Bertz CT molecular complexity index is 1300. The molecule has 3 aliphatic heterocycles. The van der Waals surface area contributed by atoms with Gasteiger partial charge in [0.1, 0.15) is 55.6 Å². The number of likely N-dealkylation sites (tertiary alicyclic amines) is 1. The van der Waals surface area contributed by atoms with Gasteiger partial charge < -0.3 is 59.4 Å². The molecule has 2 amide bonds. The molecular formula is C31H40N2O13. The van der Waals surface area contributed by atoms with Gasteiger partial charge in [0, 0.05) is 25.1 Å². The summed E-state index contributed by atoms with van der Waals surface area (Å²) >= 11 is 0. The van der Waals surface area contributed by atoms with E-state index < -0.39 is 67.6 Å². The van der Waals surface area contributed by atoms with Crippen LogP contribution < -0.4 is 5.32 Å². The summed E-state index contributed by atoms with van der Waals surface area (Å²) in [5, 5.41) is 51.1. The van der Waals surface area contributed by atoms with E-state index in [1.807, 2.05) is 0 Å². The van der Waals surface area contributed by atoms with Gasteiger partial charge >= 0.3 is 5.97 Å². The molecule has 3 heterocycles. The van der Waals surface area contributed by atoms with Crippen molar-refractivity contribution in [2.75, 3.05) is 39.7 Å². The monoisotopic (exact) mass is 648 g/mol. The third kappa shape index (κ3) is 7.48. The predicted molar refractivity (Wildman–Crippen MR) is 157 cm³/mol. The van der Waals surface area contributed by atoms with Crippen molar-refractivity contribution < 1.29 is 63.6 Å². The van der Waals surface area contributed by atoms with E-state index >= 15 is 0 Å². The Hall–Kier alpha value is -3.25. The summed E-state index contributed by atoms with van der Waals surface area (Å²) in [7, 11) is 0. The van der Waals surface area contributed by atoms with Crippen LogP contribution in [0.1, 0.15) is 35.2 Å². The van der Waals surface area contributed by atoms with Crippen molar-refractivity contribution in [1.82, 2.24) is 10.2 Å². The highest BCUT2D eigenvalue weighted by atomic mass is 16.7. The van der Waals surface area contributed by atoms with Crippen LogP contribution >= 0.6 is 0 Å². The second kappa shape index (κ2) is 15.6. The lowest BCUT2D eigenvalue weighted by Crippen LogP contribution is -2.59. The van der Waals surface area contributed by atoms with Crippen LogP contribution in [0.5, 0.6) is 0 Å². The number of fused-ring (bicyclic) bond motifs is 1. The Morgan fingerprint density at radius 3 is 2.65 bits per heavy atom. The predicted octanol–water partition coefficient (Wildman–Crippen LogP) is -1.79. The molecule has 1 aromatic rings. The Balaban J connectivity index is 1.23. The summed E-state index contributed by atoms with van der Waals surface area (Å²) in [4.78, 5) is 41.2. The molecule has 0 radical (unpaired) electrons. The molecule has 9 unspecified atom stereocenters. The van der Waals surface area contributed by atoms with Crippen LogP contribution in [-0.2, 0) is 33.3 Å². The van der Waals surface area contributed by atoms with Gasteiger partial charge in [-0.2, -0.15) is 0 Å². The molecule has 0 spiro atoms. The highest BCUT2D eigenvalue weighted by Gasteiger charge is 2.45. The molecular weight excluding hydrogens is 608 g/mol. The van der Waals surface area contributed by atoms with E-state index in [1.54, 1.807) is 42.5 Å². The summed E-state index contributed by atoms with van der Waals surface area (Å²) < 4.78 is 28.1. The van der Waals surface area contributed by atoms with Crippen LogP contribution in [0.3, 0.4) is 0 Å². The molecule has 6 N–H and O–H groups in total. The third-order valence-electron chi connectivity index (χ3n) is 8.44. The maximum absolute atomic E-state index is 13.6. The van der Waals surface area contributed by atoms with Crippen molar-refractivity contribution >= 4 is 23.9 Å². The van der Waals surface area contributed by atoms with E-state index in [0.717, 1.165) is 0 Å². The van der Waals surface area contributed by atoms with Crippen LogP contribution in [0.4, 0.5) is 0 Å². The molecule has 5 rings (SSSR count). The topological polar surface area (TPSA) is 214 Å². The largest absolute Gasteiger partial charge is 0.456 e. The average Bonchev–Trinajstić information content (AvgIpc) is 3.76. The standard InChI is InChI=1S/C31H40N2O13/c34-11-9-32-28(39)20-8-3-10-33(20)29(40)18-13-21-27(44-16-43-21)22(14-18)45-30(41)19-7-2-1-5-17(19)6-4-12-42-31-26(38)25(37)24(36)23(15-35)46-31/h1-2,4-7,13,20-27,31,34-38H,3,8-12,14-16H2,(H,32,39). The van der Waals surface area contributed by atoms with E-state index in [-0.39, 0.29) is 50.4 Å². The molecule has 3 fully saturated rings. The third-order valence-corrected chi connectivity index (χ3v) is 8.44. The number of esters is 1. The Morgan fingerprint density at radius 2 is 1.87 bits per heavy atom. The molecule has 15 nitrogen and oxygen atoms in total. The number of nitrogens with one attached hydrogen (secondary N) is 1. The SMILES string of the molecule is O=C(OC1CC(C(=O)N2CCCC2C(=O)NCCO)=CC2OCOC21)c1ccccc1C=CCOC1OC(CO)C(O)C(O)C1O. The second-order valence-corrected chi connectivity index (χ2v) is 11.4. The van der Waals surface area contributed by atoms with Crippen LogP contribution in [0.25, 0.3) is 6.08 Å². The maximum Gasteiger partial charge on any atom is 0.339 e. The smallest absolute Gasteiger partial charge is 0.339 e. The molecule has 4 aliphatic rings. The number of carbonyl (C=O) groups is 3. The van der Waals surface area contributed by atoms with Gasteiger partial charge in [0.2, 0.25) is 11.8 Å². The van der Waals surface area contributed by atoms with Gasteiger partial charge in [0.15, 0.2) is 6.29 Å². The molecule has 0 bridgehead atoms. The van der Waals surface area contributed by atoms with Gasteiger partial charge in [0.25, 0.3) is 0 Å². The highest BCUT2D eigenvalue weighted by Crippen LogP contribution is 2.33. The van der Waals surface area contributed by atoms with Gasteiger partial charge in [-0.1, -0.05) is 30.4 Å². The number of hydrogen-bond acceptors (Lipinski definition) is 13. The van der Waals surface area contributed by atoms with Crippen molar-refractivity contribution in [3.63, 3.8) is 0 Å². The van der Waals surface area contributed by atoms with Gasteiger partial charge in [-0.05, 0) is 30.5 Å². The summed E-state index contributed by atoms with van der Waals surface area (Å²) in [5.74, 6) is -1.34. The Kier molecular flexibility index (Phi) is 11.5. The molecule has 3 saturated heterocycles. The van der Waals surface area contributed by atoms with Crippen molar-refractivity contribution in [1.29, 1.82) is 0 Å². The zero-order valence-corrected chi connectivity index (χ0v) is 25.1. The van der Waals surface area contributed by atoms with Crippen LogP contribution in [0, 0.1) is 0 Å². The van der Waals surface area contributed by atoms with E-state index in [2.05, 4.69) is 5.32 Å². The fourth-order valence-electron chi connectivity index (χ4n) is 6.04. The first-order chi connectivity index (χ1) is 22.2. The lowest BCUT2D eigenvalue weighted by molar-refractivity contribution is -0.298. The first-order valence-corrected chi connectivity index (χ1v) is 15.3. The lowest BCUT2D eigenvalue weighted by atomic mass is 9.91. The minimum Gasteiger partial charge on any atom is -0.456 e. The van der Waals surface area contributed by atoms with Crippen LogP contribution in [0.15, 0.2) is 42.0 Å². The van der Waals surface area contributed by atoms with Gasteiger partial charge in [-0.3, -0.25) is 9.59 Å². The highest BCUT2D eigenvalue weighted by molar-refractivity contribution is 5.98. The minimum atomic E-state index is -1.57. The molecule has 1 aromatic carbocycles. The maximum atomic E-state index is 13.6. The molecule has 46 heavy (non-hydrogen) atoms. The number of aliphatic hydroxyl groups excluding tert-OH is 5. The lowest BCUT2D eigenvalue weighted by Gasteiger charge is -2.39. The fourth-order valence-corrected chi connectivity index (χ4v) is 6.04. The molecule has 9 atom stereocenters. The van der Waals surface area contributed by atoms with Crippen molar-refractivity contribution in [2.45, 2.75) is 74.3 Å². The molecule has 0 aromatic heterocycles. The number of amides is 2. The first kappa shape index (κ1) is 34.1. The molecule has 15 heteroatoms. The number of benzene rings is 1. The number of aliphatic hydroxyl groups is 5. The van der Waals surface area contributed by atoms with Gasteiger partial charge in [-0.25, -0.2) is 4.79 Å². The molecule has 0 saturated carbocycles. The summed E-state index contributed by atoms with van der Waals surface area (Å²) in [6, 6.07) is 5.99. The summed E-state index contributed by atoms with van der Waals surface area (Å²) in [6.45, 7) is -0.443. The molecule has 252 valence electrons. The molecule has 1 aliphatic carbocycles. The van der Waals surface area contributed by atoms with E-state index in [0.29, 0.717) is 30.5 Å². The van der Waals surface area contributed by atoms with E-state index in [4.69, 9.17) is 28.8 Å². The average molecular weight is 649 g/mol. The first-order valence-electron chi connectivity index (χ1n) is 15.3. The number of ether oxygens (including phenoxy) is 5. The van der Waals surface area contributed by atoms with Crippen LogP contribution in [-0.4, -0.2) is 143 Å². The van der Waals surface area contributed by atoms with Crippen molar-refractivity contribution in [3.8, 4) is 0 Å². The zero-order valence-electron chi connectivity index (χ0n) is 25.1. The van der Waals surface area contributed by atoms with E-state index in [1.165, 1.54) is 4.90 Å². The number of carbonyl (C=O) groups excluding carboxylic acids is 3. The summed E-state index contributed by atoms with van der Waals surface area (Å²) in [6.07, 6.45) is -3.08. The number of nitrogens with zero attached hydrogens (tertiary/aromatic N) is 1. The van der Waals surface area contributed by atoms with Crippen molar-refractivity contribution in [3.05, 3.63) is 53.1 Å². The van der Waals surface area contributed by atoms with Crippen LogP contribution in [0.2, 0.25) is 0 Å². The van der Waals surface area contributed by atoms with Gasteiger partial charge in [0.05, 0.1) is 25.4 Å². The quantitative estimate of drug-likeness (QED) is 0.147. The Labute approximate surface area is 264 Å². The fraction of sp³-hybridized carbons (Fsp3) is 0.581. The van der Waals surface area contributed by atoms with Gasteiger partial charge in [-0.15, -0.1) is 0 Å². The zero-order chi connectivity index (χ0) is 32.8. The second-order valence-electron chi connectivity index (χ2n) is 11.4. The minimum absolute atomic E-state index is 0.0367. The number of rotatable bonds is 11. The van der Waals surface area contributed by atoms with Crippen molar-refractivity contribution in [2.24, 2.45) is 0 Å². The Morgan fingerprint density at radius 1 is 1.07 bits per heavy atom. The summed E-state index contributed by atoms with van der Waals surface area (Å²) in [5.41, 5.74) is 1.07.